The summed E-state index contributed by atoms with van der Waals surface area (Å²) < 4.78 is 7.04. The number of aliphatic imine (C=N–C) groups is 1. The van der Waals surface area contributed by atoms with Crippen molar-refractivity contribution in [3.8, 4) is 22.4 Å². The maximum absolute atomic E-state index is 7.04. The normalized spacial score (nSPS) is 14.5. The van der Waals surface area contributed by atoms with Crippen LogP contribution in [0.4, 0.5) is 0 Å². The number of fused-ring (bicyclic) bond motifs is 7. The first kappa shape index (κ1) is 29.2. The molecule has 0 amide bonds. The standard InChI is InChI=1S/C47H31N3O/c1-4-13-30(14-5-1)31-23-25-33(26-24-31)42-29-41(32-15-6-2-7-16-32)49-47(50-42)39-21-12-20-35-36-27-28-38-43(46(36)51-45(35)39)37-19-10-11-22-40(37)48-44(38)34-17-8-3-9-18-34/h1-29,47,50H. The summed E-state index contributed by atoms with van der Waals surface area (Å²) in [7, 11) is 0. The minimum absolute atomic E-state index is 0.372. The minimum Gasteiger partial charge on any atom is -0.455 e. The van der Waals surface area contributed by atoms with E-state index in [2.05, 4.69) is 157 Å². The molecule has 4 heteroatoms. The molecule has 51 heavy (non-hydrogen) atoms. The van der Waals surface area contributed by atoms with Crippen LogP contribution in [-0.2, 0) is 0 Å². The number of para-hydroxylation sites is 2. The van der Waals surface area contributed by atoms with Crippen LogP contribution in [0.25, 0.3) is 71.7 Å². The van der Waals surface area contributed by atoms with E-state index in [0.29, 0.717) is 0 Å². The van der Waals surface area contributed by atoms with Gasteiger partial charge in [0, 0.05) is 43.8 Å². The van der Waals surface area contributed by atoms with E-state index < -0.39 is 0 Å². The molecule has 0 saturated carbocycles. The van der Waals surface area contributed by atoms with Crippen LogP contribution in [0, 0.1) is 0 Å². The fourth-order valence-corrected chi connectivity index (χ4v) is 7.43. The minimum atomic E-state index is -0.372. The summed E-state index contributed by atoms with van der Waals surface area (Å²) in [4.78, 5) is 10.5. The van der Waals surface area contributed by atoms with Gasteiger partial charge in [-0.2, -0.15) is 0 Å². The summed E-state index contributed by atoms with van der Waals surface area (Å²) in [6, 6.07) is 59.1. The first-order valence-corrected chi connectivity index (χ1v) is 17.3. The van der Waals surface area contributed by atoms with Crippen molar-refractivity contribution in [1.29, 1.82) is 0 Å². The summed E-state index contributed by atoms with van der Waals surface area (Å²) in [5, 5.41) is 9.13. The van der Waals surface area contributed by atoms with Gasteiger partial charge in [0.1, 0.15) is 17.3 Å². The van der Waals surface area contributed by atoms with Crippen LogP contribution in [0.3, 0.4) is 0 Å². The number of nitrogens with one attached hydrogen (secondary N) is 1. The Kier molecular flexibility index (Phi) is 6.85. The SMILES string of the molecule is C1=C(c2ccc(-c3ccccc3)cc2)NC(c2cccc3c2oc2c3ccc3c(-c4ccccc4)nc4ccccc4c32)N=C1c1ccccc1. The highest BCUT2D eigenvalue weighted by Crippen LogP contribution is 2.42. The quantitative estimate of drug-likeness (QED) is 0.188. The van der Waals surface area contributed by atoms with Crippen molar-refractivity contribution in [1.82, 2.24) is 10.3 Å². The third kappa shape index (κ3) is 5.00. The Morgan fingerprint density at radius 3 is 1.80 bits per heavy atom. The van der Waals surface area contributed by atoms with Crippen molar-refractivity contribution in [3.05, 3.63) is 193 Å². The van der Waals surface area contributed by atoms with Gasteiger partial charge in [-0.15, -0.1) is 0 Å². The summed E-state index contributed by atoms with van der Waals surface area (Å²) >= 11 is 0. The molecule has 1 N–H and O–H groups in total. The van der Waals surface area contributed by atoms with Crippen LogP contribution in [0.2, 0.25) is 0 Å². The Morgan fingerprint density at radius 2 is 1.04 bits per heavy atom. The largest absolute Gasteiger partial charge is 0.455 e. The van der Waals surface area contributed by atoms with E-state index >= 15 is 0 Å². The first-order chi connectivity index (χ1) is 25.3. The average Bonchev–Trinajstić information content (AvgIpc) is 3.60. The lowest BCUT2D eigenvalue weighted by Gasteiger charge is -2.25. The fourth-order valence-electron chi connectivity index (χ4n) is 7.43. The molecule has 2 aromatic heterocycles. The van der Waals surface area contributed by atoms with Crippen LogP contribution in [-0.4, -0.2) is 10.7 Å². The highest BCUT2D eigenvalue weighted by Gasteiger charge is 2.25. The summed E-state index contributed by atoms with van der Waals surface area (Å²) in [6.45, 7) is 0. The monoisotopic (exact) mass is 653 g/mol. The third-order valence-corrected chi connectivity index (χ3v) is 9.91. The predicted molar refractivity (Wildman–Crippen MR) is 211 cm³/mol. The maximum atomic E-state index is 7.04. The van der Waals surface area contributed by atoms with Gasteiger partial charge in [-0.25, -0.2) is 4.98 Å². The lowest BCUT2D eigenvalue weighted by Crippen LogP contribution is -2.25. The van der Waals surface area contributed by atoms with Gasteiger partial charge in [0.2, 0.25) is 0 Å². The van der Waals surface area contributed by atoms with Crippen LogP contribution in [0.15, 0.2) is 185 Å². The average molecular weight is 654 g/mol. The molecule has 3 heterocycles. The van der Waals surface area contributed by atoms with Gasteiger partial charge in [-0.3, -0.25) is 4.99 Å². The zero-order chi connectivity index (χ0) is 33.7. The van der Waals surface area contributed by atoms with Crippen molar-refractivity contribution in [2.45, 2.75) is 6.17 Å². The Hall–Kier alpha value is -6.78. The van der Waals surface area contributed by atoms with Crippen molar-refractivity contribution >= 4 is 55.0 Å². The van der Waals surface area contributed by atoms with E-state index in [-0.39, 0.29) is 6.17 Å². The van der Waals surface area contributed by atoms with Gasteiger partial charge < -0.3 is 9.73 Å². The second-order valence-corrected chi connectivity index (χ2v) is 13.0. The zero-order valence-corrected chi connectivity index (χ0v) is 27.6. The first-order valence-electron chi connectivity index (χ1n) is 17.3. The molecule has 0 saturated heterocycles. The molecule has 0 radical (unpaired) electrons. The predicted octanol–water partition coefficient (Wildman–Crippen LogP) is 11.8. The maximum Gasteiger partial charge on any atom is 0.149 e. The number of aromatic nitrogens is 1. The van der Waals surface area contributed by atoms with E-state index in [9.17, 15) is 0 Å². The zero-order valence-electron chi connectivity index (χ0n) is 27.6. The number of furan rings is 1. The highest BCUT2D eigenvalue weighted by molar-refractivity contribution is 6.25. The van der Waals surface area contributed by atoms with Crippen LogP contribution >= 0.6 is 0 Å². The van der Waals surface area contributed by atoms with Gasteiger partial charge in [-0.1, -0.05) is 158 Å². The van der Waals surface area contributed by atoms with E-state index in [1.54, 1.807) is 0 Å². The number of hydrogen-bond acceptors (Lipinski definition) is 4. The topological polar surface area (TPSA) is 50.4 Å². The van der Waals surface area contributed by atoms with Crippen molar-refractivity contribution in [2.75, 3.05) is 0 Å². The Labute approximate surface area is 295 Å². The Morgan fingerprint density at radius 1 is 0.451 bits per heavy atom. The molecule has 7 aromatic carbocycles. The number of hydrogen-bond donors (Lipinski definition) is 1. The highest BCUT2D eigenvalue weighted by atomic mass is 16.3. The van der Waals surface area contributed by atoms with E-state index in [1.807, 2.05) is 24.3 Å². The molecule has 0 spiro atoms. The fraction of sp³-hybridized carbons (Fsp3) is 0.0213. The molecule has 4 nitrogen and oxygen atoms in total. The van der Waals surface area contributed by atoms with Crippen molar-refractivity contribution < 1.29 is 4.42 Å². The Balaban J connectivity index is 1.15. The second kappa shape index (κ2) is 12.0. The summed E-state index contributed by atoms with van der Waals surface area (Å²) in [5.74, 6) is 0. The molecule has 0 fully saturated rings. The number of benzene rings is 7. The molecule has 1 aliphatic heterocycles. The molecule has 240 valence electrons. The summed E-state index contributed by atoms with van der Waals surface area (Å²) in [6.07, 6.45) is 1.78. The van der Waals surface area contributed by atoms with Crippen LogP contribution < -0.4 is 5.32 Å². The lowest BCUT2D eigenvalue weighted by atomic mass is 9.97. The van der Waals surface area contributed by atoms with Gasteiger partial charge in [0.25, 0.3) is 0 Å². The number of nitrogens with zero attached hydrogens (tertiary/aromatic N) is 2. The lowest BCUT2D eigenvalue weighted by molar-refractivity contribution is 0.626. The van der Waals surface area contributed by atoms with E-state index in [0.717, 1.165) is 83.0 Å². The van der Waals surface area contributed by atoms with Gasteiger partial charge in [-0.05, 0) is 40.5 Å². The number of allylic oxidation sites excluding steroid dienone is 1. The molecule has 0 bridgehead atoms. The van der Waals surface area contributed by atoms with E-state index in [1.165, 1.54) is 11.1 Å². The molecular formula is C47H31N3O. The van der Waals surface area contributed by atoms with E-state index in [4.69, 9.17) is 14.4 Å². The third-order valence-electron chi connectivity index (χ3n) is 9.91. The van der Waals surface area contributed by atoms with Gasteiger partial charge >= 0.3 is 0 Å². The molecule has 9 aromatic rings. The molecule has 10 rings (SSSR count). The molecule has 1 unspecified atom stereocenters. The molecule has 1 atom stereocenters. The van der Waals surface area contributed by atoms with Crippen LogP contribution in [0.5, 0.6) is 0 Å². The smallest absolute Gasteiger partial charge is 0.149 e. The summed E-state index contributed by atoms with van der Waals surface area (Å²) in [5.41, 5.74) is 12.1. The molecule has 1 aliphatic rings. The van der Waals surface area contributed by atoms with Crippen LogP contribution in [0.1, 0.15) is 22.9 Å². The number of rotatable bonds is 5. The molecular weight excluding hydrogens is 623 g/mol. The Bertz CT molecular complexity index is 2800. The van der Waals surface area contributed by atoms with Crippen molar-refractivity contribution in [3.63, 3.8) is 0 Å². The van der Waals surface area contributed by atoms with Gasteiger partial charge in [0.05, 0.1) is 16.9 Å². The van der Waals surface area contributed by atoms with Crippen molar-refractivity contribution in [2.24, 2.45) is 4.99 Å². The molecule has 0 aliphatic carbocycles. The van der Waals surface area contributed by atoms with Gasteiger partial charge in [0.15, 0.2) is 0 Å². The number of pyridine rings is 1. The second-order valence-electron chi connectivity index (χ2n) is 13.0.